The number of hydrogen-bond donors (Lipinski definition) is 2. The van der Waals surface area contributed by atoms with Crippen LogP contribution in [0, 0.1) is 5.92 Å². The van der Waals surface area contributed by atoms with E-state index in [9.17, 15) is 4.79 Å². The Kier molecular flexibility index (Phi) is 4.81. The molecule has 1 atom stereocenters. The third-order valence-corrected chi connectivity index (χ3v) is 1.66. The van der Waals surface area contributed by atoms with Crippen molar-refractivity contribution in [3.63, 3.8) is 0 Å². The normalized spacial score (nSPS) is 13.2. The standard InChI is InChI=1S/C6H12O2S/c1-5(6(8)9)3-2-4-7/h5,7H,2-4H2,1H3,(H,8,9). The van der Waals surface area contributed by atoms with Gasteiger partial charge in [-0.25, -0.2) is 0 Å². The molecule has 0 saturated carbocycles. The second-order valence-electron chi connectivity index (χ2n) is 2.11. The minimum Gasteiger partial charge on any atom is -0.396 e. The molecule has 0 bridgehead atoms. The Bertz CT molecular complexity index is 93.1. The lowest BCUT2D eigenvalue weighted by atomic mass is 10.1. The van der Waals surface area contributed by atoms with Crippen LogP contribution in [-0.4, -0.2) is 16.8 Å². The van der Waals surface area contributed by atoms with Crippen molar-refractivity contribution in [2.45, 2.75) is 19.8 Å². The molecule has 0 amide bonds. The monoisotopic (exact) mass is 148 g/mol. The zero-order valence-electron chi connectivity index (χ0n) is 5.50. The predicted octanol–water partition coefficient (Wildman–Crippen LogP) is 0.851. The number of carbonyl (C=O) groups is 1. The number of aliphatic hydroxyl groups is 1. The summed E-state index contributed by atoms with van der Waals surface area (Å²) < 4.78 is 0. The second-order valence-corrected chi connectivity index (χ2v) is 2.55. The smallest absolute Gasteiger partial charge is 0.188 e. The van der Waals surface area contributed by atoms with Gasteiger partial charge in [-0.1, -0.05) is 6.92 Å². The van der Waals surface area contributed by atoms with Crippen LogP contribution in [0.1, 0.15) is 19.8 Å². The summed E-state index contributed by atoms with van der Waals surface area (Å²) in [5.74, 6) is -0.0134. The van der Waals surface area contributed by atoms with Crippen molar-refractivity contribution in [3.05, 3.63) is 0 Å². The van der Waals surface area contributed by atoms with Crippen LogP contribution < -0.4 is 0 Å². The Morgan fingerprint density at radius 2 is 2.33 bits per heavy atom. The Balaban J connectivity index is 3.27. The van der Waals surface area contributed by atoms with Crippen molar-refractivity contribution >= 4 is 17.7 Å². The Labute approximate surface area is 60.7 Å². The van der Waals surface area contributed by atoms with Gasteiger partial charge in [-0.3, -0.25) is 4.79 Å². The zero-order valence-corrected chi connectivity index (χ0v) is 6.40. The summed E-state index contributed by atoms with van der Waals surface area (Å²) in [6.07, 6.45) is 1.42. The largest absolute Gasteiger partial charge is 0.396 e. The summed E-state index contributed by atoms with van der Waals surface area (Å²) in [5, 5.41) is 8.27. The van der Waals surface area contributed by atoms with Gasteiger partial charge in [0, 0.05) is 12.5 Å². The average Bonchev–Trinajstić information content (AvgIpc) is 1.82. The van der Waals surface area contributed by atoms with Crippen LogP contribution in [0.25, 0.3) is 0 Å². The van der Waals surface area contributed by atoms with E-state index in [2.05, 4.69) is 12.6 Å². The summed E-state index contributed by atoms with van der Waals surface area (Å²) >= 11 is 3.65. The topological polar surface area (TPSA) is 37.3 Å². The maximum absolute atomic E-state index is 10.4. The Hall–Kier alpha value is -0.0200. The lowest BCUT2D eigenvalue weighted by Gasteiger charge is -2.02. The fraction of sp³-hybridized carbons (Fsp3) is 0.833. The van der Waals surface area contributed by atoms with Gasteiger partial charge in [0.05, 0.1) is 0 Å². The summed E-state index contributed by atoms with van der Waals surface area (Å²) in [6, 6.07) is 0. The van der Waals surface area contributed by atoms with Crippen LogP contribution in [0.15, 0.2) is 0 Å². The van der Waals surface area contributed by atoms with E-state index >= 15 is 0 Å². The van der Waals surface area contributed by atoms with E-state index in [-0.39, 0.29) is 17.6 Å². The third-order valence-electron chi connectivity index (χ3n) is 1.22. The number of carbonyl (C=O) groups excluding carboxylic acids is 1. The molecular formula is C6H12O2S. The molecule has 0 fully saturated rings. The molecule has 0 saturated heterocycles. The van der Waals surface area contributed by atoms with Gasteiger partial charge in [-0.2, -0.15) is 0 Å². The molecule has 0 aliphatic rings. The lowest BCUT2D eigenvalue weighted by molar-refractivity contribution is -0.113. The first-order valence-corrected chi connectivity index (χ1v) is 3.47. The fourth-order valence-electron chi connectivity index (χ4n) is 0.521. The molecule has 3 heteroatoms. The minimum atomic E-state index is -0.0940. The molecule has 0 aliphatic heterocycles. The second kappa shape index (κ2) is 4.82. The van der Waals surface area contributed by atoms with Gasteiger partial charge >= 0.3 is 0 Å². The first kappa shape index (κ1) is 8.98. The molecule has 0 aromatic heterocycles. The predicted molar refractivity (Wildman–Crippen MR) is 39.5 cm³/mol. The van der Waals surface area contributed by atoms with E-state index < -0.39 is 0 Å². The molecule has 0 aromatic rings. The SMILES string of the molecule is CC(CCCO)C(=O)S. The van der Waals surface area contributed by atoms with Crippen molar-refractivity contribution in [1.82, 2.24) is 0 Å². The molecule has 0 spiro atoms. The van der Waals surface area contributed by atoms with E-state index in [0.717, 1.165) is 6.42 Å². The van der Waals surface area contributed by atoms with Crippen LogP contribution in [0.3, 0.4) is 0 Å². The molecule has 1 unspecified atom stereocenters. The van der Waals surface area contributed by atoms with Crippen LogP contribution in [0.4, 0.5) is 0 Å². The molecule has 0 heterocycles. The van der Waals surface area contributed by atoms with Crippen molar-refractivity contribution in [3.8, 4) is 0 Å². The summed E-state index contributed by atoms with van der Waals surface area (Å²) in [7, 11) is 0. The summed E-state index contributed by atoms with van der Waals surface area (Å²) in [4.78, 5) is 10.4. The zero-order chi connectivity index (χ0) is 7.28. The van der Waals surface area contributed by atoms with Gasteiger partial charge in [0.1, 0.15) is 0 Å². The van der Waals surface area contributed by atoms with E-state index in [1.807, 2.05) is 6.92 Å². The van der Waals surface area contributed by atoms with Gasteiger partial charge in [0.25, 0.3) is 0 Å². The van der Waals surface area contributed by atoms with E-state index in [1.165, 1.54) is 0 Å². The van der Waals surface area contributed by atoms with Crippen LogP contribution in [0.5, 0.6) is 0 Å². The Morgan fingerprint density at radius 3 is 2.67 bits per heavy atom. The molecule has 0 rings (SSSR count). The van der Waals surface area contributed by atoms with Crippen molar-refractivity contribution in [2.24, 2.45) is 5.92 Å². The maximum atomic E-state index is 10.4. The minimum absolute atomic E-state index is 0.0134. The number of rotatable bonds is 4. The highest BCUT2D eigenvalue weighted by molar-refractivity contribution is 7.96. The van der Waals surface area contributed by atoms with Crippen molar-refractivity contribution in [2.75, 3.05) is 6.61 Å². The lowest BCUT2D eigenvalue weighted by Crippen LogP contribution is -2.04. The molecule has 2 nitrogen and oxygen atoms in total. The first-order chi connectivity index (χ1) is 4.18. The number of thiol groups is 1. The highest BCUT2D eigenvalue weighted by Gasteiger charge is 2.06. The highest BCUT2D eigenvalue weighted by Crippen LogP contribution is 2.07. The van der Waals surface area contributed by atoms with E-state index in [4.69, 9.17) is 5.11 Å². The maximum Gasteiger partial charge on any atom is 0.188 e. The summed E-state index contributed by atoms with van der Waals surface area (Å²) in [5.41, 5.74) is 0. The molecule has 1 N–H and O–H groups in total. The average molecular weight is 148 g/mol. The molecular weight excluding hydrogens is 136 g/mol. The van der Waals surface area contributed by atoms with E-state index in [0.29, 0.717) is 6.42 Å². The molecule has 54 valence electrons. The van der Waals surface area contributed by atoms with Gasteiger partial charge in [0.2, 0.25) is 0 Å². The summed E-state index contributed by atoms with van der Waals surface area (Å²) in [6.45, 7) is 1.97. The fourth-order valence-corrected chi connectivity index (χ4v) is 0.650. The number of hydrogen-bond acceptors (Lipinski definition) is 2. The van der Waals surface area contributed by atoms with Crippen LogP contribution >= 0.6 is 12.6 Å². The molecule has 0 aromatic carbocycles. The number of aliphatic hydroxyl groups excluding tert-OH is 1. The highest BCUT2D eigenvalue weighted by atomic mass is 32.1. The van der Waals surface area contributed by atoms with E-state index in [1.54, 1.807) is 0 Å². The van der Waals surface area contributed by atoms with Gasteiger partial charge in [0.15, 0.2) is 5.12 Å². The molecule has 0 aliphatic carbocycles. The third kappa shape index (κ3) is 4.48. The first-order valence-electron chi connectivity index (χ1n) is 3.02. The van der Waals surface area contributed by atoms with Gasteiger partial charge in [-0.15, -0.1) is 12.6 Å². The quantitative estimate of drug-likeness (QED) is 0.580. The van der Waals surface area contributed by atoms with Crippen LogP contribution in [-0.2, 0) is 4.79 Å². The van der Waals surface area contributed by atoms with Crippen LogP contribution in [0.2, 0.25) is 0 Å². The Morgan fingerprint density at radius 1 is 1.78 bits per heavy atom. The molecule has 0 radical (unpaired) electrons. The van der Waals surface area contributed by atoms with Crippen molar-refractivity contribution < 1.29 is 9.90 Å². The van der Waals surface area contributed by atoms with Gasteiger partial charge < -0.3 is 5.11 Å². The molecule has 9 heavy (non-hydrogen) atoms. The van der Waals surface area contributed by atoms with Crippen molar-refractivity contribution in [1.29, 1.82) is 0 Å². The van der Waals surface area contributed by atoms with Gasteiger partial charge in [-0.05, 0) is 12.8 Å².